The third-order valence-electron chi connectivity index (χ3n) is 3.62. The Kier molecular flexibility index (Phi) is 6.44. The van der Waals surface area contributed by atoms with E-state index in [1.165, 1.54) is 30.5 Å². The maximum atomic E-state index is 5.99. The van der Waals surface area contributed by atoms with E-state index in [1.54, 1.807) is 0 Å². The molecule has 0 saturated carbocycles. The molecule has 0 aromatic heterocycles. The molecule has 4 heteroatoms. The van der Waals surface area contributed by atoms with Gasteiger partial charge in [-0.05, 0) is 56.6 Å². The van der Waals surface area contributed by atoms with Crippen LogP contribution < -0.4 is 5.32 Å². The van der Waals surface area contributed by atoms with E-state index in [1.807, 2.05) is 13.1 Å². The molecule has 2 rings (SSSR count). The number of likely N-dealkylation sites (tertiary alicyclic amines) is 1. The van der Waals surface area contributed by atoms with Crippen LogP contribution in [-0.2, 0) is 6.54 Å². The van der Waals surface area contributed by atoms with Crippen molar-refractivity contribution in [1.29, 1.82) is 0 Å². The second-order valence-corrected chi connectivity index (χ2v) is 5.33. The number of hydrogen-bond acceptors (Lipinski definition) is 2. The maximum absolute atomic E-state index is 5.99. The summed E-state index contributed by atoms with van der Waals surface area (Å²) in [6, 6.07) is 6.90. The molecule has 0 spiro atoms. The number of nitrogens with one attached hydrogen (secondary N) is 1. The fraction of sp³-hybridized carbons (Fsp3) is 0.571. The molecule has 0 aliphatic carbocycles. The number of benzene rings is 1. The number of hydrogen-bond donors (Lipinski definition) is 1. The predicted molar refractivity (Wildman–Crippen MR) is 80.8 cm³/mol. The lowest BCUT2D eigenvalue weighted by Gasteiger charge is -2.25. The molecule has 1 unspecified atom stereocenters. The highest BCUT2D eigenvalue weighted by Gasteiger charge is 2.23. The zero-order chi connectivity index (χ0) is 12.3. The van der Waals surface area contributed by atoms with Gasteiger partial charge in [-0.3, -0.25) is 4.90 Å². The molecule has 1 saturated heterocycles. The third-order valence-corrected chi connectivity index (χ3v) is 3.85. The van der Waals surface area contributed by atoms with Crippen molar-refractivity contribution in [1.82, 2.24) is 10.2 Å². The Morgan fingerprint density at radius 2 is 2.22 bits per heavy atom. The van der Waals surface area contributed by atoms with Crippen molar-refractivity contribution >= 4 is 24.0 Å². The summed E-state index contributed by atoms with van der Waals surface area (Å²) in [6.45, 7) is 5.50. The second kappa shape index (κ2) is 7.34. The summed E-state index contributed by atoms with van der Waals surface area (Å²) >= 11 is 5.99. The smallest absolute Gasteiger partial charge is 0.0408 e. The Labute approximate surface area is 121 Å². The Morgan fingerprint density at radius 3 is 2.89 bits per heavy atom. The first-order valence-corrected chi connectivity index (χ1v) is 6.72. The van der Waals surface area contributed by atoms with Crippen molar-refractivity contribution < 1.29 is 0 Å². The van der Waals surface area contributed by atoms with E-state index < -0.39 is 0 Å². The van der Waals surface area contributed by atoms with E-state index in [0.29, 0.717) is 6.04 Å². The van der Waals surface area contributed by atoms with Crippen LogP contribution in [0, 0.1) is 6.92 Å². The first kappa shape index (κ1) is 15.8. The van der Waals surface area contributed by atoms with Crippen LogP contribution in [0.3, 0.4) is 0 Å². The average Bonchev–Trinajstić information content (AvgIpc) is 2.71. The highest BCUT2D eigenvalue weighted by molar-refractivity contribution is 6.30. The summed E-state index contributed by atoms with van der Waals surface area (Å²) in [7, 11) is 2.03. The molecular formula is C14H22Cl2N2. The molecule has 1 atom stereocenters. The van der Waals surface area contributed by atoms with Gasteiger partial charge in [-0.25, -0.2) is 0 Å². The van der Waals surface area contributed by atoms with Crippen LogP contribution in [0.4, 0.5) is 0 Å². The summed E-state index contributed by atoms with van der Waals surface area (Å²) in [5.41, 5.74) is 2.70. The molecule has 1 aliphatic rings. The Bertz CT molecular complexity index is 382. The number of rotatable bonds is 4. The van der Waals surface area contributed by atoms with E-state index in [-0.39, 0.29) is 12.4 Å². The van der Waals surface area contributed by atoms with Gasteiger partial charge in [0.05, 0.1) is 0 Å². The molecule has 0 amide bonds. The van der Waals surface area contributed by atoms with Crippen molar-refractivity contribution in [3.8, 4) is 0 Å². The SMILES string of the molecule is CNCC1CCCN1Cc1ccc(Cl)cc1C.Cl. The van der Waals surface area contributed by atoms with E-state index in [9.17, 15) is 0 Å². The van der Waals surface area contributed by atoms with Crippen molar-refractivity contribution in [2.75, 3.05) is 20.1 Å². The van der Waals surface area contributed by atoms with Gasteiger partial charge >= 0.3 is 0 Å². The first-order valence-electron chi connectivity index (χ1n) is 6.34. The van der Waals surface area contributed by atoms with Crippen LogP contribution in [0.1, 0.15) is 24.0 Å². The van der Waals surface area contributed by atoms with Crippen molar-refractivity contribution in [3.05, 3.63) is 34.3 Å². The first-order chi connectivity index (χ1) is 8.20. The Hall–Kier alpha value is -0.280. The highest BCUT2D eigenvalue weighted by atomic mass is 35.5. The lowest BCUT2D eigenvalue weighted by Crippen LogP contribution is -2.36. The minimum absolute atomic E-state index is 0. The zero-order valence-electron chi connectivity index (χ0n) is 11.1. The lowest BCUT2D eigenvalue weighted by molar-refractivity contribution is 0.242. The largest absolute Gasteiger partial charge is 0.318 e. The second-order valence-electron chi connectivity index (χ2n) is 4.90. The summed E-state index contributed by atoms with van der Waals surface area (Å²) in [6.07, 6.45) is 2.63. The minimum atomic E-state index is 0. The summed E-state index contributed by atoms with van der Waals surface area (Å²) < 4.78 is 0. The molecule has 1 fully saturated rings. The third kappa shape index (κ3) is 3.86. The zero-order valence-corrected chi connectivity index (χ0v) is 12.7. The van der Waals surface area contributed by atoms with Crippen molar-refractivity contribution in [2.24, 2.45) is 0 Å². The molecule has 18 heavy (non-hydrogen) atoms. The molecular weight excluding hydrogens is 267 g/mol. The van der Waals surface area contributed by atoms with Gasteiger partial charge in [-0.2, -0.15) is 0 Å². The lowest BCUT2D eigenvalue weighted by atomic mass is 10.1. The van der Waals surface area contributed by atoms with Crippen LogP contribution in [0.2, 0.25) is 5.02 Å². The summed E-state index contributed by atoms with van der Waals surface area (Å²) in [4.78, 5) is 2.58. The standard InChI is InChI=1S/C14H21ClN2.ClH/c1-11-8-13(15)6-5-12(11)10-17-7-3-4-14(17)9-16-2;/h5-6,8,14,16H,3-4,7,9-10H2,1-2H3;1H. The van der Waals surface area contributed by atoms with Gasteiger partial charge in [0, 0.05) is 24.2 Å². The fourth-order valence-electron chi connectivity index (χ4n) is 2.63. The van der Waals surface area contributed by atoms with Crippen LogP contribution in [0.5, 0.6) is 0 Å². The minimum Gasteiger partial charge on any atom is -0.318 e. The van der Waals surface area contributed by atoms with Gasteiger partial charge in [0.2, 0.25) is 0 Å². The molecule has 1 aromatic rings. The van der Waals surface area contributed by atoms with Crippen LogP contribution in [-0.4, -0.2) is 31.1 Å². The average molecular weight is 289 g/mol. The molecule has 1 aromatic carbocycles. The van der Waals surface area contributed by atoms with E-state index >= 15 is 0 Å². The molecule has 1 heterocycles. The van der Waals surface area contributed by atoms with Gasteiger partial charge in [0.25, 0.3) is 0 Å². The molecule has 102 valence electrons. The monoisotopic (exact) mass is 288 g/mol. The maximum Gasteiger partial charge on any atom is 0.0408 e. The fourth-order valence-corrected chi connectivity index (χ4v) is 2.85. The Balaban J connectivity index is 0.00000162. The van der Waals surface area contributed by atoms with Gasteiger partial charge in [-0.15, -0.1) is 12.4 Å². The van der Waals surface area contributed by atoms with Gasteiger partial charge in [-0.1, -0.05) is 17.7 Å². The van der Waals surface area contributed by atoms with Gasteiger partial charge in [0.1, 0.15) is 0 Å². The van der Waals surface area contributed by atoms with E-state index in [0.717, 1.165) is 18.1 Å². The predicted octanol–water partition coefficient (Wildman–Crippen LogP) is 3.25. The highest BCUT2D eigenvalue weighted by Crippen LogP contribution is 2.22. The summed E-state index contributed by atoms with van der Waals surface area (Å²) in [5.74, 6) is 0. The molecule has 0 radical (unpaired) electrons. The number of nitrogens with zero attached hydrogens (tertiary/aromatic N) is 1. The van der Waals surface area contributed by atoms with E-state index in [2.05, 4.69) is 29.3 Å². The van der Waals surface area contributed by atoms with Gasteiger partial charge in [0.15, 0.2) is 0 Å². The van der Waals surface area contributed by atoms with Crippen LogP contribution in [0.25, 0.3) is 0 Å². The molecule has 0 bridgehead atoms. The number of aryl methyl sites for hydroxylation is 1. The quantitative estimate of drug-likeness (QED) is 0.915. The van der Waals surface area contributed by atoms with E-state index in [4.69, 9.17) is 11.6 Å². The molecule has 1 aliphatic heterocycles. The topological polar surface area (TPSA) is 15.3 Å². The summed E-state index contributed by atoms with van der Waals surface area (Å²) in [5, 5.41) is 4.12. The number of likely N-dealkylation sites (N-methyl/N-ethyl adjacent to an activating group) is 1. The van der Waals surface area contributed by atoms with Crippen LogP contribution in [0.15, 0.2) is 18.2 Å². The van der Waals surface area contributed by atoms with Crippen molar-refractivity contribution in [3.63, 3.8) is 0 Å². The van der Waals surface area contributed by atoms with Crippen LogP contribution >= 0.6 is 24.0 Å². The molecule has 1 N–H and O–H groups in total. The normalized spacial score (nSPS) is 19.8. The van der Waals surface area contributed by atoms with Gasteiger partial charge < -0.3 is 5.32 Å². The Morgan fingerprint density at radius 1 is 1.44 bits per heavy atom. The number of halogens is 2. The van der Waals surface area contributed by atoms with Crippen molar-refractivity contribution in [2.45, 2.75) is 32.4 Å². The molecule has 2 nitrogen and oxygen atoms in total.